The van der Waals surface area contributed by atoms with E-state index in [4.69, 9.17) is 4.74 Å². The summed E-state index contributed by atoms with van der Waals surface area (Å²) >= 11 is 0. The zero-order chi connectivity index (χ0) is 14.4. The number of ether oxygens (including phenoxy) is 1. The minimum Gasteiger partial charge on any atom is -0.497 e. The van der Waals surface area contributed by atoms with Crippen LogP contribution < -0.4 is 4.74 Å². The quantitative estimate of drug-likeness (QED) is 0.860. The number of hydrogen-bond donors (Lipinski definition) is 1. The molecule has 1 atom stereocenters. The van der Waals surface area contributed by atoms with Crippen molar-refractivity contribution < 1.29 is 9.84 Å². The number of methoxy groups -OCH3 is 1. The largest absolute Gasteiger partial charge is 0.497 e. The van der Waals surface area contributed by atoms with Crippen LogP contribution in [-0.2, 0) is 0 Å². The third-order valence-corrected chi connectivity index (χ3v) is 4.04. The van der Waals surface area contributed by atoms with E-state index in [9.17, 15) is 5.11 Å². The third kappa shape index (κ3) is 3.72. The van der Waals surface area contributed by atoms with E-state index in [1.54, 1.807) is 7.11 Å². The molecule has 1 saturated heterocycles. The van der Waals surface area contributed by atoms with Crippen molar-refractivity contribution >= 4 is 0 Å². The van der Waals surface area contributed by atoms with Gasteiger partial charge in [-0.1, -0.05) is 19.1 Å². The van der Waals surface area contributed by atoms with Gasteiger partial charge in [-0.15, -0.1) is 0 Å². The molecule has 1 heterocycles. The van der Waals surface area contributed by atoms with Crippen LogP contribution in [0.5, 0.6) is 5.75 Å². The summed E-state index contributed by atoms with van der Waals surface area (Å²) in [7, 11) is 1.68. The van der Waals surface area contributed by atoms with Crippen molar-refractivity contribution in [3.8, 4) is 5.75 Å². The number of nitrogens with zero attached hydrogens (tertiary/aromatic N) is 2. The summed E-state index contributed by atoms with van der Waals surface area (Å²) in [5.41, 5.74) is 1.13. The molecule has 1 aromatic rings. The standard InChI is InChI=1S/C16H26N2O2/c1-3-7-17-8-10-18(11-9-17)16(13-19)14-5-4-6-15(12-14)20-2/h4-6,12,16,19H,3,7-11,13H2,1-2H3. The van der Waals surface area contributed by atoms with E-state index in [2.05, 4.69) is 22.8 Å². The van der Waals surface area contributed by atoms with Gasteiger partial charge in [0.25, 0.3) is 0 Å². The van der Waals surface area contributed by atoms with Gasteiger partial charge in [0, 0.05) is 26.2 Å². The molecule has 0 amide bonds. The highest BCUT2D eigenvalue weighted by Gasteiger charge is 2.24. The van der Waals surface area contributed by atoms with Gasteiger partial charge >= 0.3 is 0 Å². The van der Waals surface area contributed by atoms with Crippen LogP contribution >= 0.6 is 0 Å². The maximum Gasteiger partial charge on any atom is 0.119 e. The Morgan fingerprint density at radius 3 is 2.60 bits per heavy atom. The van der Waals surface area contributed by atoms with Crippen molar-refractivity contribution in [2.24, 2.45) is 0 Å². The lowest BCUT2D eigenvalue weighted by molar-refractivity contribution is 0.0650. The van der Waals surface area contributed by atoms with Crippen LogP contribution in [0.1, 0.15) is 24.9 Å². The molecule has 1 aliphatic rings. The van der Waals surface area contributed by atoms with Gasteiger partial charge in [0.15, 0.2) is 0 Å². The molecular weight excluding hydrogens is 252 g/mol. The first kappa shape index (κ1) is 15.3. The topological polar surface area (TPSA) is 35.9 Å². The molecule has 0 radical (unpaired) electrons. The molecule has 0 saturated carbocycles. The highest BCUT2D eigenvalue weighted by atomic mass is 16.5. The van der Waals surface area contributed by atoms with Gasteiger partial charge in [0.2, 0.25) is 0 Å². The number of rotatable bonds is 6. The Bertz CT molecular complexity index is 403. The Hall–Kier alpha value is -1.10. The summed E-state index contributed by atoms with van der Waals surface area (Å²) in [5, 5.41) is 9.77. The summed E-state index contributed by atoms with van der Waals surface area (Å²) in [4.78, 5) is 4.87. The van der Waals surface area contributed by atoms with Crippen molar-refractivity contribution in [3.05, 3.63) is 29.8 Å². The summed E-state index contributed by atoms with van der Waals surface area (Å²) in [6, 6.07) is 8.11. The summed E-state index contributed by atoms with van der Waals surface area (Å²) < 4.78 is 5.28. The number of benzene rings is 1. The molecule has 0 spiro atoms. The molecule has 112 valence electrons. The van der Waals surface area contributed by atoms with Crippen molar-refractivity contribution in [2.45, 2.75) is 19.4 Å². The number of aliphatic hydroxyl groups is 1. The van der Waals surface area contributed by atoms with Crippen LogP contribution in [0.15, 0.2) is 24.3 Å². The second-order valence-electron chi connectivity index (χ2n) is 5.35. The summed E-state index contributed by atoms with van der Waals surface area (Å²) in [5.74, 6) is 0.852. The lowest BCUT2D eigenvalue weighted by Gasteiger charge is -2.38. The van der Waals surface area contributed by atoms with Gasteiger partial charge in [-0.2, -0.15) is 0 Å². The number of aliphatic hydroxyl groups excluding tert-OH is 1. The molecule has 0 aliphatic carbocycles. The van der Waals surface area contributed by atoms with Crippen molar-refractivity contribution in [1.29, 1.82) is 0 Å². The molecular formula is C16H26N2O2. The molecule has 1 aromatic carbocycles. The van der Waals surface area contributed by atoms with E-state index in [0.29, 0.717) is 0 Å². The lowest BCUT2D eigenvalue weighted by Crippen LogP contribution is -2.48. The Morgan fingerprint density at radius 2 is 2.00 bits per heavy atom. The van der Waals surface area contributed by atoms with Gasteiger partial charge in [-0.3, -0.25) is 4.90 Å². The first-order chi connectivity index (χ1) is 9.78. The molecule has 4 nitrogen and oxygen atoms in total. The van der Waals surface area contributed by atoms with Gasteiger partial charge < -0.3 is 14.7 Å². The monoisotopic (exact) mass is 278 g/mol. The van der Waals surface area contributed by atoms with Gasteiger partial charge in [0.1, 0.15) is 5.75 Å². The highest BCUT2D eigenvalue weighted by Crippen LogP contribution is 2.25. The van der Waals surface area contributed by atoms with Crippen LogP contribution in [0.4, 0.5) is 0 Å². The SMILES string of the molecule is CCCN1CCN(C(CO)c2cccc(OC)c2)CC1. The highest BCUT2D eigenvalue weighted by molar-refractivity contribution is 5.30. The minimum atomic E-state index is 0.0777. The zero-order valence-corrected chi connectivity index (χ0v) is 12.6. The Morgan fingerprint density at radius 1 is 1.25 bits per heavy atom. The van der Waals surface area contributed by atoms with Gasteiger partial charge in [-0.05, 0) is 30.7 Å². The second kappa shape index (κ2) is 7.62. The molecule has 1 unspecified atom stereocenters. The van der Waals surface area contributed by atoms with Crippen LogP contribution in [0.2, 0.25) is 0 Å². The third-order valence-electron chi connectivity index (χ3n) is 4.04. The molecule has 0 bridgehead atoms. The second-order valence-corrected chi connectivity index (χ2v) is 5.35. The molecule has 1 N–H and O–H groups in total. The van der Waals surface area contributed by atoms with Crippen LogP contribution in [0.3, 0.4) is 0 Å². The van der Waals surface area contributed by atoms with Crippen molar-refractivity contribution in [1.82, 2.24) is 9.80 Å². The maximum absolute atomic E-state index is 9.77. The lowest BCUT2D eigenvalue weighted by atomic mass is 10.0. The van der Waals surface area contributed by atoms with E-state index in [-0.39, 0.29) is 12.6 Å². The fourth-order valence-electron chi connectivity index (χ4n) is 2.90. The minimum absolute atomic E-state index is 0.0777. The normalized spacial score (nSPS) is 18.9. The van der Waals surface area contributed by atoms with Crippen molar-refractivity contribution in [3.63, 3.8) is 0 Å². The van der Waals surface area contributed by atoms with E-state index in [1.165, 1.54) is 13.0 Å². The van der Waals surface area contributed by atoms with E-state index >= 15 is 0 Å². The van der Waals surface area contributed by atoms with E-state index in [1.807, 2.05) is 18.2 Å². The molecule has 0 aromatic heterocycles. The first-order valence-corrected chi connectivity index (χ1v) is 7.49. The summed E-state index contributed by atoms with van der Waals surface area (Å²) in [6.07, 6.45) is 1.21. The first-order valence-electron chi connectivity index (χ1n) is 7.49. The average Bonchev–Trinajstić information content (AvgIpc) is 2.50. The van der Waals surface area contributed by atoms with Crippen LogP contribution in [0, 0.1) is 0 Å². The fourth-order valence-corrected chi connectivity index (χ4v) is 2.90. The van der Waals surface area contributed by atoms with E-state index in [0.717, 1.165) is 37.5 Å². The number of piperazine rings is 1. The van der Waals surface area contributed by atoms with Crippen molar-refractivity contribution in [2.75, 3.05) is 46.4 Å². The van der Waals surface area contributed by atoms with Crippen LogP contribution in [-0.4, -0.2) is 61.3 Å². The summed E-state index contributed by atoms with van der Waals surface area (Å²) in [6.45, 7) is 7.77. The van der Waals surface area contributed by atoms with E-state index < -0.39 is 0 Å². The van der Waals surface area contributed by atoms with Gasteiger partial charge in [0.05, 0.1) is 19.8 Å². The smallest absolute Gasteiger partial charge is 0.119 e. The molecule has 1 fully saturated rings. The predicted molar refractivity (Wildman–Crippen MR) is 81.1 cm³/mol. The van der Waals surface area contributed by atoms with Crippen LogP contribution in [0.25, 0.3) is 0 Å². The molecule has 20 heavy (non-hydrogen) atoms. The Kier molecular flexibility index (Phi) is 5.83. The Balaban J connectivity index is 2.01. The number of hydrogen-bond acceptors (Lipinski definition) is 4. The Labute approximate surface area is 122 Å². The zero-order valence-electron chi connectivity index (χ0n) is 12.6. The van der Waals surface area contributed by atoms with Gasteiger partial charge in [-0.25, -0.2) is 0 Å². The molecule has 2 rings (SSSR count). The average molecular weight is 278 g/mol. The predicted octanol–water partition coefficient (Wildman–Crippen LogP) is 1.76. The fraction of sp³-hybridized carbons (Fsp3) is 0.625. The molecule has 1 aliphatic heterocycles. The molecule has 4 heteroatoms. The maximum atomic E-state index is 9.77.